The van der Waals surface area contributed by atoms with Crippen molar-refractivity contribution in [3.8, 4) is 5.75 Å². The highest BCUT2D eigenvalue weighted by molar-refractivity contribution is 6.10. The molecule has 5 fully saturated rings. The van der Waals surface area contributed by atoms with Crippen molar-refractivity contribution >= 4 is 17.5 Å². The van der Waals surface area contributed by atoms with Gasteiger partial charge in [0.15, 0.2) is 5.78 Å². The first-order chi connectivity index (χ1) is 26.4. The van der Waals surface area contributed by atoms with Crippen LogP contribution in [-0.4, -0.2) is 58.8 Å². The molecule has 7 heteroatoms. The number of anilines is 1. The van der Waals surface area contributed by atoms with Crippen LogP contribution in [0.5, 0.6) is 5.75 Å². The van der Waals surface area contributed by atoms with Crippen LogP contribution in [-0.2, 0) is 6.42 Å². The molecule has 0 unspecified atom stereocenters. The number of amides is 2. The summed E-state index contributed by atoms with van der Waals surface area (Å²) >= 11 is 0. The number of ether oxygens (including phenoxy) is 1. The monoisotopic (exact) mass is 744 g/mol. The van der Waals surface area contributed by atoms with Gasteiger partial charge in [0.05, 0.1) is 25.4 Å². The first-order valence-electron chi connectivity index (χ1n) is 20.9. The summed E-state index contributed by atoms with van der Waals surface area (Å²) in [5, 5.41) is 27.6. The van der Waals surface area contributed by atoms with E-state index < -0.39 is 17.1 Å². The van der Waals surface area contributed by atoms with Gasteiger partial charge in [-0.2, -0.15) is 0 Å². The van der Waals surface area contributed by atoms with Crippen LogP contribution in [0.2, 0.25) is 0 Å². The van der Waals surface area contributed by atoms with Gasteiger partial charge in [0.2, 0.25) is 0 Å². The van der Waals surface area contributed by atoms with E-state index in [0.717, 1.165) is 47.4 Å². The third kappa shape index (κ3) is 7.64. The molecule has 292 valence electrons. The largest absolute Gasteiger partial charge is 0.497 e. The highest BCUT2D eigenvalue weighted by Gasteiger charge is 2.59. The number of para-hydroxylation sites is 1. The molecule has 7 aliphatic carbocycles. The lowest BCUT2D eigenvalue weighted by Gasteiger charge is -2.58. The Morgan fingerprint density at radius 2 is 1.58 bits per heavy atom. The maximum absolute atomic E-state index is 14.5. The molecule has 0 aromatic heterocycles. The van der Waals surface area contributed by atoms with Gasteiger partial charge in [0.25, 0.3) is 0 Å². The molecular weight excluding hydrogens is 685 g/mol. The third-order valence-corrected chi connectivity index (χ3v) is 14.7. The minimum absolute atomic E-state index is 0.0692. The number of fused-ring (bicyclic) bond motifs is 8. The van der Waals surface area contributed by atoms with E-state index in [0.29, 0.717) is 55.5 Å². The normalized spacial score (nSPS) is 32.7. The Balaban J connectivity index is 1.18. The molecule has 0 aliphatic heterocycles. The van der Waals surface area contributed by atoms with Gasteiger partial charge in [-0.3, -0.25) is 4.79 Å². The Kier molecular flexibility index (Phi) is 10.5. The minimum atomic E-state index is -1.19. The number of nitrogens with zero attached hydrogens (tertiary/aromatic N) is 1. The molecule has 0 radical (unpaired) electrons. The van der Waals surface area contributed by atoms with E-state index in [1.807, 2.05) is 65.6 Å². The van der Waals surface area contributed by atoms with E-state index in [1.165, 1.54) is 44.1 Å². The Hall–Kier alpha value is -3.94. The molecule has 55 heavy (non-hydrogen) atoms. The number of allylic oxidation sites excluding steroid dienone is 2. The number of carbonyl (C=O) groups is 2. The lowest BCUT2D eigenvalue weighted by atomic mass is 9.49. The molecule has 3 N–H and O–H groups in total. The minimum Gasteiger partial charge on any atom is -0.497 e. The third-order valence-electron chi connectivity index (χ3n) is 14.7. The molecule has 7 nitrogen and oxygen atoms in total. The molecule has 4 atom stereocenters. The number of aliphatic hydroxyl groups is 2. The summed E-state index contributed by atoms with van der Waals surface area (Å²) in [5.41, 5.74) is 3.35. The van der Waals surface area contributed by atoms with Crippen molar-refractivity contribution < 1.29 is 24.5 Å². The Morgan fingerprint density at radius 3 is 2.25 bits per heavy atom. The number of rotatable bonds is 8. The average Bonchev–Trinajstić information content (AvgIpc) is 3.41. The lowest BCUT2D eigenvalue weighted by Crippen LogP contribution is -2.58. The van der Waals surface area contributed by atoms with Crippen LogP contribution in [0.4, 0.5) is 10.5 Å². The van der Waals surface area contributed by atoms with Gasteiger partial charge in [-0.1, -0.05) is 48.9 Å². The van der Waals surface area contributed by atoms with Crippen molar-refractivity contribution in [2.24, 2.45) is 28.6 Å². The first-order valence-corrected chi connectivity index (χ1v) is 20.9. The van der Waals surface area contributed by atoms with Gasteiger partial charge in [0, 0.05) is 28.8 Å². The van der Waals surface area contributed by atoms with Crippen LogP contribution < -0.4 is 10.1 Å². The zero-order valence-corrected chi connectivity index (χ0v) is 33.1. The number of hydrogen-bond acceptors (Lipinski definition) is 5. The SMILES string of the molecule is COc1ccc(C(=O)c2cc3ccc2[C@@H]2CC[C@@](O)(CN(CC45CC6CC(CC(C6)C4)C5)C(=O)Nc4ccccc4)[C@@]2(C)CCC=C(C)CC[C@H](O)C3)cc1. The zero-order valence-electron chi connectivity index (χ0n) is 33.1. The standard InChI is InChI=1S/C48H60N2O5/c1-32-8-7-20-46(2)43(41-18-12-33(25-39(51)15-11-32)26-42(41)44(52)37-13-16-40(55-3)17-14-37)19-21-48(46,54)31-50(45(53)49-38-9-5-4-6-10-38)30-47-27-34-22-35(28-47)24-36(23-34)29-47/h4-6,8-10,12-14,16-18,26,34-36,39,43,51,54H,7,11,15,19-25,27-31H2,1-3H3,(H,49,53)/t34?,35?,36?,39-,43-,46-,47?,48+/m0/s1. The van der Waals surface area contributed by atoms with E-state index in [-0.39, 0.29) is 29.7 Å². The summed E-state index contributed by atoms with van der Waals surface area (Å²) in [6.07, 6.45) is 13.9. The molecule has 5 saturated carbocycles. The van der Waals surface area contributed by atoms with Crippen molar-refractivity contribution in [1.82, 2.24) is 4.90 Å². The molecule has 10 rings (SSSR count). The van der Waals surface area contributed by atoms with Gasteiger partial charge in [-0.05, 0) is 173 Å². The van der Waals surface area contributed by atoms with Gasteiger partial charge in [-0.15, -0.1) is 0 Å². The summed E-state index contributed by atoms with van der Waals surface area (Å²) < 4.78 is 5.39. The molecule has 7 aliphatic rings. The molecule has 0 spiro atoms. The molecule has 0 heterocycles. The summed E-state index contributed by atoms with van der Waals surface area (Å²) in [5.74, 6) is 2.75. The second-order valence-corrected chi connectivity index (χ2v) is 18.6. The number of benzene rings is 3. The molecule has 2 amide bonds. The molecular formula is C48H60N2O5. The van der Waals surface area contributed by atoms with Crippen LogP contribution in [0.1, 0.15) is 124 Å². The Bertz CT molecular complexity index is 1870. The number of urea groups is 1. The quantitative estimate of drug-likeness (QED) is 0.158. The fraction of sp³-hybridized carbons (Fsp3) is 0.542. The van der Waals surface area contributed by atoms with Gasteiger partial charge < -0.3 is 25.2 Å². The highest BCUT2D eigenvalue weighted by Crippen LogP contribution is 2.62. The van der Waals surface area contributed by atoms with Crippen LogP contribution >= 0.6 is 0 Å². The summed E-state index contributed by atoms with van der Waals surface area (Å²) in [6.45, 7) is 5.27. The van der Waals surface area contributed by atoms with Crippen molar-refractivity contribution in [3.05, 3.63) is 107 Å². The fourth-order valence-corrected chi connectivity index (χ4v) is 12.2. The van der Waals surface area contributed by atoms with Crippen LogP contribution in [0.15, 0.2) is 84.4 Å². The summed E-state index contributed by atoms with van der Waals surface area (Å²) in [6, 6.07) is 23.0. The Morgan fingerprint density at radius 1 is 0.891 bits per heavy atom. The predicted molar refractivity (Wildman–Crippen MR) is 217 cm³/mol. The molecule has 3 aromatic carbocycles. The van der Waals surface area contributed by atoms with E-state index in [1.54, 1.807) is 7.11 Å². The Labute approximate surface area is 327 Å². The molecule has 6 bridgehead atoms. The zero-order chi connectivity index (χ0) is 38.4. The molecule has 0 saturated heterocycles. The number of hydrogen-bond donors (Lipinski definition) is 3. The second-order valence-electron chi connectivity index (χ2n) is 18.6. The topological polar surface area (TPSA) is 99.1 Å². The van der Waals surface area contributed by atoms with E-state index >= 15 is 0 Å². The van der Waals surface area contributed by atoms with Crippen molar-refractivity contribution in [3.63, 3.8) is 0 Å². The predicted octanol–water partition coefficient (Wildman–Crippen LogP) is 9.72. The number of aliphatic hydroxyl groups excluding tert-OH is 1. The van der Waals surface area contributed by atoms with E-state index in [9.17, 15) is 19.8 Å². The maximum Gasteiger partial charge on any atom is 0.321 e. The van der Waals surface area contributed by atoms with Crippen molar-refractivity contribution in [2.45, 2.75) is 115 Å². The average molecular weight is 745 g/mol. The number of carbonyl (C=O) groups excluding carboxylic acids is 2. The first kappa shape index (κ1) is 38.0. The van der Waals surface area contributed by atoms with Crippen molar-refractivity contribution in [1.29, 1.82) is 0 Å². The smallest absolute Gasteiger partial charge is 0.321 e. The maximum atomic E-state index is 14.5. The lowest BCUT2D eigenvalue weighted by molar-refractivity contribution is -0.0975. The van der Waals surface area contributed by atoms with Crippen LogP contribution in [0.25, 0.3) is 0 Å². The van der Waals surface area contributed by atoms with Gasteiger partial charge in [0.1, 0.15) is 5.75 Å². The highest BCUT2D eigenvalue weighted by atomic mass is 16.5. The summed E-state index contributed by atoms with van der Waals surface area (Å²) in [4.78, 5) is 31.1. The fourth-order valence-electron chi connectivity index (χ4n) is 12.2. The number of ketones is 1. The van der Waals surface area contributed by atoms with E-state index in [4.69, 9.17) is 4.74 Å². The van der Waals surface area contributed by atoms with Crippen LogP contribution in [0.3, 0.4) is 0 Å². The van der Waals surface area contributed by atoms with Gasteiger partial charge in [-0.25, -0.2) is 4.79 Å². The van der Waals surface area contributed by atoms with Crippen molar-refractivity contribution in [2.75, 3.05) is 25.5 Å². The molecule has 3 aromatic rings. The second kappa shape index (κ2) is 15.2. The van der Waals surface area contributed by atoms with E-state index in [2.05, 4.69) is 37.4 Å². The number of methoxy groups -OCH3 is 1. The van der Waals surface area contributed by atoms with Gasteiger partial charge >= 0.3 is 6.03 Å². The number of nitrogens with one attached hydrogen (secondary N) is 1. The van der Waals surface area contributed by atoms with Crippen LogP contribution in [0, 0.1) is 28.6 Å². The summed E-state index contributed by atoms with van der Waals surface area (Å²) in [7, 11) is 1.62.